The summed E-state index contributed by atoms with van der Waals surface area (Å²) in [5, 5.41) is 23.2. The summed E-state index contributed by atoms with van der Waals surface area (Å²) in [4.78, 5) is 24.6. The number of hydrogen-bond donors (Lipinski definition) is 3. The van der Waals surface area contributed by atoms with Gasteiger partial charge >= 0.3 is 5.97 Å². The van der Waals surface area contributed by atoms with Crippen molar-refractivity contribution in [1.82, 2.24) is 5.32 Å². The van der Waals surface area contributed by atoms with Crippen LogP contribution in [0.2, 0.25) is 0 Å². The second-order valence-corrected chi connectivity index (χ2v) is 24.9. The monoisotopic (exact) mass is 1110 g/mol. The average Bonchev–Trinajstić information content (AvgIpc) is 3.45. The maximum Gasteiger partial charge on any atom is 0.305 e. The molecule has 0 saturated heterocycles. The molecule has 0 spiro atoms. The Balaban J connectivity index is 3.35. The molecular weight excluding hydrogens is 971 g/mol. The lowest BCUT2D eigenvalue weighted by molar-refractivity contribution is -0.143. The number of rotatable bonds is 68. The van der Waals surface area contributed by atoms with Crippen molar-refractivity contribution in [1.29, 1.82) is 0 Å². The third-order valence-electron chi connectivity index (χ3n) is 17.0. The molecule has 0 aliphatic rings. The van der Waals surface area contributed by atoms with Crippen LogP contribution in [-0.2, 0) is 14.3 Å². The molecule has 0 saturated carbocycles. The number of esters is 1. The molecular formula is C73H141NO5. The third-order valence-corrected chi connectivity index (χ3v) is 17.0. The maximum atomic E-state index is 12.5. The molecule has 0 aliphatic heterocycles. The van der Waals surface area contributed by atoms with Crippen molar-refractivity contribution in [3.8, 4) is 0 Å². The van der Waals surface area contributed by atoms with Gasteiger partial charge in [0.15, 0.2) is 0 Å². The molecule has 468 valence electrons. The van der Waals surface area contributed by atoms with Crippen LogP contribution in [-0.4, -0.2) is 47.4 Å². The van der Waals surface area contributed by atoms with Crippen molar-refractivity contribution in [3.63, 3.8) is 0 Å². The van der Waals surface area contributed by atoms with E-state index >= 15 is 0 Å². The SMILES string of the molecule is CCCCCCCCC/C=C\CCCCCCCC(=O)OCCCCCCCCCCCCCCCCCCCCCCCCCCCCCCCC(=O)NC(CO)C(O)/C=C/CCCCCCCCCCCCCCCCC. The van der Waals surface area contributed by atoms with E-state index in [2.05, 4.69) is 31.3 Å². The van der Waals surface area contributed by atoms with E-state index in [1.54, 1.807) is 6.08 Å². The van der Waals surface area contributed by atoms with Crippen LogP contribution in [0, 0.1) is 0 Å². The van der Waals surface area contributed by atoms with Crippen molar-refractivity contribution in [2.75, 3.05) is 13.2 Å². The molecule has 0 aromatic rings. The Labute approximate surface area is 494 Å². The van der Waals surface area contributed by atoms with Gasteiger partial charge in [-0.25, -0.2) is 0 Å². The molecule has 0 radical (unpaired) electrons. The number of nitrogens with one attached hydrogen (secondary N) is 1. The molecule has 0 heterocycles. The van der Waals surface area contributed by atoms with E-state index in [0.717, 1.165) is 44.9 Å². The van der Waals surface area contributed by atoms with Crippen LogP contribution in [0.3, 0.4) is 0 Å². The van der Waals surface area contributed by atoms with Crippen LogP contribution in [0.5, 0.6) is 0 Å². The zero-order valence-corrected chi connectivity index (χ0v) is 53.6. The number of carbonyl (C=O) groups is 2. The number of amides is 1. The predicted octanol–water partition coefficient (Wildman–Crippen LogP) is 23.3. The topological polar surface area (TPSA) is 95.9 Å². The van der Waals surface area contributed by atoms with Gasteiger partial charge in [-0.3, -0.25) is 9.59 Å². The largest absolute Gasteiger partial charge is 0.466 e. The summed E-state index contributed by atoms with van der Waals surface area (Å²) in [5.41, 5.74) is 0. The van der Waals surface area contributed by atoms with Crippen molar-refractivity contribution in [3.05, 3.63) is 24.3 Å². The Morgan fingerprint density at radius 3 is 0.899 bits per heavy atom. The Hall–Kier alpha value is -1.66. The quantitative estimate of drug-likeness (QED) is 0.0320. The molecule has 0 aromatic carbocycles. The zero-order chi connectivity index (χ0) is 57.1. The van der Waals surface area contributed by atoms with Crippen LogP contribution in [0.15, 0.2) is 24.3 Å². The molecule has 0 rings (SSSR count). The smallest absolute Gasteiger partial charge is 0.305 e. The fourth-order valence-electron chi connectivity index (χ4n) is 11.5. The molecule has 6 nitrogen and oxygen atoms in total. The van der Waals surface area contributed by atoms with Gasteiger partial charge in [0.25, 0.3) is 0 Å². The van der Waals surface area contributed by atoms with Crippen LogP contribution >= 0.6 is 0 Å². The van der Waals surface area contributed by atoms with Crippen molar-refractivity contribution in [2.24, 2.45) is 0 Å². The van der Waals surface area contributed by atoms with Gasteiger partial charge in [0, 0.05) is 12.8 Å². The number of hydrogen-bond acceptors (Lipinski definition) is 5. The van der Waals surface area contributed by atoms with Crippen molar-refractivity contribution in [2.45, 2.75) is 418 Å². The number of carbonyl (C=O) groups excluding carboxylic acids is 2. The van der Waals surface area contributed by atoms with Gasteiger partial charge in [0.1, 0.15) is 0 Å². The zero-order valence-electron chi connectivity index (χ0n) is 53.6. The maximum absolute atomic E-state index is 12.5. The molecule has 1 amide bonds. The minimum atomic E-state index is -0.842. The second-order valence-electron chi connectivity index (χ2n) is 24.9. The molecule has 6 heteroatoms. The number of aliphatic hydroxyl groups is 2. The molecule has 0 aliphatic carbocycles. The standard InChI is InChI=1S/C73H141NO5/c1-3-5-7-9-11-13-15-17-19-34-37-41-45-49-53-57-61-65-71(76)70(69-75)74-72(77)66-62-58-54-50-46-42-38-35-32-30-28-26-24-22-21-23-25-27-29-31-33-36-40-44-48-52-56-60-64-68-79-73(78)67-63-59-55-51-47-43-39-20-18-16-14-12-10-8-6-4-2/h20,39,61,65,70-71,75-76H,3-19,21-38,40-60,62-64,66-69H2,1-2H3,(H,74,77)/b39-20-,65-61+. The summed E-state index contributed by atoms with van der Waals surface area (Å²) in [5.74, 6) is -0.0487. The van der Waals surface area contributed by atoms with Gasteiger partial charge in [-0.05, 0) is 57.8 Å². The highest BCUT2D eigenvalue weighted by Gasteiger charge is 2.18. The first-order valence-electron chi connectivity index (χ1n) is 36.1. The highest BCUT2D eigenvalue weighted by atomic mass is 16.5. The van der Waals surface area contributed by atoms with E-state index < -0.39 is 12.1 Å². The first-order chi connectivity index (χ1) is 39.0. The lowest BCUT2D eigenvalue weighted by Gasteiger charge is -2.20. The summed E-state index contributed by atoms with van der Waals surface area (Å²) >= 11 is 0. The summed E-state index contributed by atoms with van der Waals surface area (Å²) in [6.07, 6.45) is 86.9. The lowest BCUT2D eigenvalue weighted by atomic mass is 10.0. The number of allylic oxidation sites excluding steroid dienone is 3. The Bertz CT molecular complexity index is 1230. The van der Waals surface area contributed by atoms with Gasteiger partial charge in [0.05, 0.1) is 25.4 Å². The molecule has 0 aromatic heterocycles. The van der Waals surface area contributed by atoms with Gasteiger partial charge in [-0.2, -0.15) is 0 Å². The summed E-state index contributed by atoms with van der Waals surface area (Å²) in [7, 11) is 0. The lowest BCUT2D eigenvalue weighted by Crippen LogP contribution is -2.45. The first kappa shape index (κ1) is 77.3. The average molecular weight is 1110 g/mol. The second kappa shape index (κ2) is 68.8. The molecule has 2 atom stereocenters. The highest BCUT2D eigenvalue weighted by Crippen LogP contribution is 2.19. The fraction of sp³-hybridized carbons (Fsp3) is 0.918. The third kappa shape index (κ3) is 65.4. The highest BCUT2D eigenvalue weighted by molar-refractivity contribution is 5.76. The number of aliphatic hydroxyl groups excluding tert-OH is 2. The van der Waals surface area contributed by atoms with Gasteiger partial charge in [-0.1, -0.05) is 359 Å². The van der Waals surface area contributed by atoms with E-state index in [4.69, 9.17) is 4.74 Å². The summed E-state index contributed by atoms with van der Waals surface area (Å²) in [6, 6.07) is -0.625. The van der Waals surface area contributed by atoms with Gasteiger partial charge < -0.3 is 20.3 Å². The normalized spacial score (nSPS) is 12.6. The van der Waals surface area contributed by atoms with E-state index in [1.807, 2.05) is 6.08 Å². The van der Waals surface area contributed by atoms with Crippen LogP contribution < -0.4 is 5.32 Å². The number of ether oxygens (including phenoxy) is 1. The van der Waals surface area contributed by atoms with Gasteiger partial charge in [0.2, 0.25) is 5.91 Å². The van der Waals surface area contributed by atoms with Crippen LogP contribution in [0.4, 0.5) is 0 Å². The minimum Gasteiger partial charge on any atom is -0.466 e. The van der Waals surface area contributed by atoms with Gasteiger partial charge in [-0.15, -0.1) is 0 Å². The van der Waals surface area contributed by atoms with E-state index in [9.17, 15) is 19.8 Å². The summed E-state index contributed by atoms with van der Waals surface area (Å²) in [6.45, 7) is 4.94. The Morgan fingerprint density at radius 1 is 0.342 bits per heavy atom. The van der Waals surface area contributed by atoms with Crippen molar-refractivity contribution >= 4 is 11.9 Å². The molecule has 0 bridgehead atoms. The molecule has 0 fully saturated rings. The first-order valence-corrected chi connectivity index (χ1v) is 36.1. The minimum absolute atomic E-state index is 0.0125. The Morgan fingerprint density at radius 2 is 0.595 bits per heavy atom. The van der Waals surface area contributed by atoms with Crippen molar-refractivity contribution < 1.29 is 24.5 Å². The summed E-state index contributed by atoms with van der Waals surface area (Å²) < 4.78 is 5.50. The Kier molecular flexibility index (Phi) is 67.4. The van der Waals surface area contributed by atoms with E-state index in [-0.39, 0.29) is 18.5 Å². The predicted molar refractivity (Wildman–Crippen MR) is 347 cm³/mol. The van der Waals surface area contributed by atoms with Crippen LogP contribution in [0.25, 0.3) is 0 Å². The molecule has 2 unspecified atom stereocenters. The molecule has 3 N–H and O–H groups in total. The van der Waals surface area contributed by atoms with E-state index in [0.29, 0.717) is 19.4 Å². The van der Waals surface area contributed by atoms with E-state index in [1.165, 1.54) is 334 Å². The van der Waals surface area contributed by atoms with Crippen LogP contribution in [0.1, 0.15) is 406 Å². The number of unbranched alkanes of at least 4 members (excludes halogenated alkanes) is 55. The fourth-order valence-corrected chi connectivity index (χ4v) is 11.5. The molecule has 79 heavy (non-hydrogen) atoms.